The van der Waals surface area contributed by atoms with Gasteiger partial charge in [0.05, 0.1) is 16.7 Å². The van der Waals surface area contributed by atoms with Crippen molar-refractivity contribution in [1.29, 1.82) is 0 Å². The lowest BCUT2D eigenvalue weighted by molar-refractivity contribution is 0.284. The lowest BCUT2D eigenvalue weighted by atomic mass is 10.3. The molecule has 0 saturated carbocycles. The van der Waals surface area contributed by atoms with Crippen LogP contribution in [-0.4, -0.2) is 27.4 Å². The number of benzene rings is 1. The van der Waals surface area contributed by atoms with Crippen LogP contribution in [-0.2, 0) is 0 Å². The number of aliphatic hydroxyl groups excluding tert-OH is 1. The van der Waals surface area contributed by atoms with Crippen LogP contribution in [0.2, 0.25) is 0 Å². The molecule has 2 rings (SSSR count). The first-order valence-electron chi connectivity index (χ1n) is 6.28. The standard InChI is InChI=1S/C14H18N2OS/c1-11-14(18-10-6-2-5-9-17)16-13-8-4-3-7-12(13)15-11/h3-4,7-8,17H,2,5-6,9-10H2,1H3. The highest BCUT2D eigenvalue weighted by molar-refractivity contribution is 7.99. The fourth-order valence-electron chi connectivity index (χ4n) is 1.77. The van der Waals surface area contributed by atoms with Gasteiger partial charge in [-0.15, -0.1) is 11.8 Å². The number of aryl methyl sites for hydroxylation is 1. The van der Waals surface area contributed by atoms with Gasteiger partial charge in [-0.1, -0.05) is 18.6 Å². The third-order valence-electron chi connectivity index (χ3n) is 2.74. The predicted molar refractivity (Wildman–Crippen MR) is 75.9 cm³/mol. The second-order valence-corrected chi connectivity index (χ2v) is 5.32. The third kappa shape index (κ3) is 3.43. The molecule has 0 aliphatic heterocycles. The van der Waals surface area contributed by atoms with Crippen LogP contribution in [0.25, 0.3) is 11.0 Å². The SMILES string of the molecule is Cc1nc2ccccc2nc1SCCCCCO. The van der Waals surface area contributed by atoms with Gasteiger partial charge in [0.1, 0.15) is 5.03 Å². The molecular formula is C14H18N2OS. The molecule has 0 unspecified atom stereocenters. The summed E-state index contributed by atoms with van der Waals surface area (Å²) in [7, 11) is 0. The second kappa shape index (κ2) is 6.71. The van der Waals surface area contributed by atoms with Crippen molar-refractivity contribution in [2.75, 3.05) is 12.4 Å². The van der Waals surface area contributed by atoms with E-state index in [1.54, 1.807) is 11.8 Å². The van der Waals surface area contributed by atoms with Crippen LogP contribution in [0.4, 0.5) is 0 Å². The summed E-state index contributed by atoms with van der Waals surface area (Å²) in [5.74, 6) is 1.04. The Hall–Kier alpha value is -1.13. The summed E-state index contributed by atoms with van der Waals surface area (Å²) in [6.07, 6.45) is 3.08. The summed E-state index contributed by atoms with van der Waals surface area (Å²) < 4.78 is 0. The molecule has 0 atom stereocenters. The van der Waals surface area contributed by atoms with Gasteiger partial charge in [-0.2, -0.15) is 0 Å². The zero-order valence-corrected chi connectivity index (χ0v) is 11.4. The first kappa shape index (κ1) is 13.3. The normalized spacial score (nSPS) is 11.0. The van der Waals surface area contributed by atoms with Crippen LogP contribution in [0, 0.1) is 6.92 Å². The van der Waals surface area contributed by atoms with Gasteiger partial charge in [0.25, 0.3) is 0 Å². The molecule has 0 aliphatic rings. The monoisotopic (exact) mass is 262 g/mol. The van der Waals surface area contributed by atoms with E-state index in [9.17, 15) is 0 Å². The van der Waals surface area contributed by atoms with E-state index in [1.165, 1.54) is 0 Å². The maximum absolute atomic E-state index is 8.72. The number of aliphatic hydroxyl groups is 1. The lowest BCUT2D eigenvalue weighted by Gasteiger charge is -2.05. The molecule has 0 spiro atoms. The zero-order valence-electron chi connectivity index (χ0n) is 10.6. The van der Waals surface area contributed by atoms with Crippen molar-refractivity contribution in [2.24, 2.45) is 0 Å². The Morgan fingerprint density at radius 1 is 1.06 bits per heavy atom. The zero-order chi connectivity index (χ0) is 12.8. The molecule has 0 bridgehead atoms. The third-order valence-corrected chi connectivity index (χ3v) is 3.90. The molecule has 1 aromatic heterocycles. The molecule has 1 heterocycles. The number of rotatable bonds is 6. The smallest absolute Gasteiger partial charge is 0.118 e. The number of nitrogens with zero attached hydrogens (tertiary/aromatic N) is 2. The van der Waals surface area contributed by atoms with E-state index in [0.29, 0.717) is 6.61 Å². The topological polar surface area (TPSA) is 46.0 Å². The van der Waals surface area contributed by atoms with Crippen LogP contribution >= 0.6 is 11.8 Å². The van der Waals surface area contributed by atoms with Gasteiger partial charge in [-0.3, -0.25) is 0 Å². The highest BCUT2D eigenvalue weighted by Crippen LogP contribution is 2.22. The lowest BCUT2D eigenvalue weighted by Crippen LogP contribution is -1.94. The minimum atomic E-state index is 0.291. The van der Waals surface area contributed by atoms with Crippen LogP contribution in [0.5, 0.6) is 0 Å². The number of fused-ring (bicyclic) bond motifs is 1. The van der Waals surface area contributed by atoms with Crippen LogP contribution in [0.1, 0.15) is 25.0 Å². The molecule has 0 radical (unpaired) electrons. The van der Waals surface area contributed by atoms with E-state index in [-0.39, 0.29) is 0 Å². The average molecular weight is 262 g/mol. The van der Waals surface area contributed by atoms with Crippen molar-refractivity contribution in [2.45, 2.75) is 31.2 Å². The first-order valence-corrected chi connectivity index (χ1v) is 7.27. The largest absolute Gasteiger partial charge is 0.396 e. The van der Waals surface area contributed by atoms with Gasteiger partial charge < -0.3 is 5.11 Å². The van der Waals surface area contributed by atoms with Crippen molar-refractivity contribution in [3.05, 3.63) is 30.0 Å². The molecule has 0 amide bonds. The minimum absolute atomic E-state index is 0.291. The van der Waals surface area contributed by atoms with E-state index in [2.05, 4.69) is 9.97 Å². The summed E-state index contributed by atoms with van der Waals surface area (Å²) in [6.45, 7) is 2.30. The number of thioether (sulfide) groups is 1. The Labute approximate surface area is 112 Å². The molecule has 4 heteroatoms. The first-order chi connectivity index (χ1) is 8.81. The van der Waals surface area contributed by atoms with E-state index in [1.807, 2.05) is 31.2 Å². The molecule has 1 aromatic carbocycles. The van der Waals surface area contributed by atoms with Crippen molar-refractivity contribution < 1.29 is 5.11 Å². The fourth-order valence-corrected chi connectivity index (χ4v) is 2.73. The average Bonchev–Trinajstić information content (AvgIpc) is 2.39. The highest BCUT2D eigenvalue weighted by atomic mass is 32.2. The Morgan fingerprint density at radius 2 is 1.78 bits per heavy atom. The summed E-state index contributed by atoms with van der Waals surface area (Å²) in [5, 5.41) is 9.74. The van der Waals surface area contributed by atoms with Gasteiger partial charge in [0, 0.05) is 6.61 Å². The van der Waals surface area contributed by atoms with Gasteiger partial charge in [-0.25, -0.2) is 9.97 Å². The molecule has 96 valence electrons. The summed E-state index contributed by atoms with van der Waals surface area (Å²) in [6, 6.07) is 7.96. The number of hydrogen-bond donors (Lipinski definition) is 1. The summed E-state index contributed by atoms with van der Waals surface area (Å²) >= 11 is 1.76. The number of unbranched alkanes of at least 4 members (excludes halogenated alkanes) is 2. The van der Waals surface area contributed by atoms with Crippen LogP contribution in [0.3, 0.4) is 0 Å². The Morgan fingerprint density at radius 3 is 2.50 bits per heavy atom. The van der Waals surface area contributed by atoms with Crippen molar-refractivity contribution in [3.63, 3.8) is 0 Å². The van der Waals surface area contributed by atoms with E-state index in [0.717, 1.165) is 46.8 Å². The van der Waals surface area contributed by atoms with Crippen LogP contribution in [0.15, 0.2) is 29.3 Å². The molecule has 18 heavy (non-hydrogen) atoms. The van der Waals surface area contributed by atoms with E-state index in [4.69, 9.17) is 5.11 Å². The summed E-state index contributed by atoms with van der Waals surface area (Å²) in [4.78, 5) is 9.21. The van der Waals surface area contributed by atoms with Gasteiger partial charge in [-0.05, 0) is 37.7 Å². The molecule has 2 aromatic rings. The molecule has 0 aliphatic carbocycles. The highest BCUT2D eigenvalue weighted by Gasteiger charge is 2.05. The predicted octanol–water partition coefficient (Wildman–Crippen LogP) is 3.19. The number of aromatic nitrogens is 2. The van der Waals surface area contributed by atoms with Crippen molar-refractivity contribution in [1.82, 2.24) is 9.97 Å². The molecule has 0 fully saturated rings. The van der Waals surface area contributed by atoms with E-state index >= 15 is 0 Å². The Kier molecular flexibility index (Phi) is 4.96. The summed E-state index contributed by atoms with van der Waals surface area (Å²) in [5.41, 5.74) is 2.92. The maximum atomic E-state index is 8.72. The van der Waals surface area contributed by atoms with Gasteiger partial charge >= 0.3 is 0 Å². The second-order valence-electron chi connectivity index (χ2n) is 4.24. The quantitative estimate of drug-likeness (QED) is 0.641. The fraction of sp³-hybridized carbons (Fsp3) is 0.429. The van der Waals surface area contributed by atoms with E-state index < -0.39 is 0 Å². The van der Waals surface area contributed by atoms with Gasteiger partial charge in [0.2, 0.25) is 0 Å². The molecule has 1 N–H and O–H groups in total. The van der Waals surface area contributed by atoms with Crippen LogP contribution < -0.4 is 0 Å². The van der Waals surface area contributed by atoms with Crippen molar-refractivity contribution >= 4 is 22.8 Å². The molecule has 3 nitrogen and oxygen atoms in total. The Bertz CT molecular complexity index is 516. The maximum Gasteiger partial charge on any atom is 0.118 e. The van der Waals surface area contributed by atoms with Crippen molar-refractivity contribution in [3.8, 4) is 0 Å². The number of hydrogen-bond acceptors (Lipinski definition) is 4. The molecular weight excluding hydrogens is 244 g/mol. The van der Waals surface area contributed by atoms with Gasteiger partial charge in [0.15, 0.2) is 0 Å². The minimum Gasteiger partial charge on any atom is -0.396 e. The number of para-hydroxylation sites is 2. The molecule has 0 saturated heterocycles. The Balaban J connectivity index is 2.01.